The normalized spacial score (nSPS) is 14.1. The van der Waals surface area contributed by atoms with Crippen LogP contribution in [0.15, 0.2) is 24.3 Å². The third-order valence-electron chi connectivity index (χ3n) is 3.89. The Morgan fingerprint density at radius 1 is 1.38 bits per heavy atom. The Balaban J connectivity index is 2.00. The van der Waals surface area contributed by atoms with Crippen LogP contribution in [0, 0.1) is 6.92 Å². The summed E-state index contributed by atoms with van der Waals surface area (Å²) in [5, 5.41) is 4.36. The molecule has 2 heterocycles. The summed E-state index contributed by atoms with van der Waals surface area (Å²) in [6.07, 6.45) is 1.93. The fourth-order valence-corrected chi connectivity index (χ4v) is 2.92. The van der Waals surface area contributed by atoms with Gasteiger partial charge in [0.2, 0.25) is 0 Å². The maximum Gasteiger partial charge on any atom is 0.276 e. The van der Waals surface area contributed by atoms with E-state index >= 15 is 0 Å². The van der Waals surface area contributed by atoms with Crippen molar-refractivity contribution in [2.24, 2.45) is 0 Å². The number of aryl methyl sites for hydroxylation is 3. The van der Waals surface area contributed by atoms with Crippen LogP contribution in [0.2, 0.25) is 0 Å². The Morgan fingerprint density at radius 2 is 2.19 bits per heavy atom. The van der Waals surface area contributed by atoms with Gasteiger partial charge in [0, 0.05) is 24.5 Å². The smallest absolute Gasteiger partial charge is 0.276 e. The quantitative estimate of drug-likeness (QED) is 0.861. The van der Waals surface area contributed by atoms with Gasteiger partial charge in [0.05, 0.1) is 5.69 Å². The number of carbonyl (C=O) groups excluding carboxylic acids is 1. The van der Waals surface area contributed by atoms with Crippen LogP contribution in [0.4, 0.5) is 11.4 Å². The molecule has 0 aliphatic carbocycles. The summed E-state index contributed by atoms with van der Waals surface area (Å²) in [6, 6.07) is 7.63. The second-order valence-corrected chi connectivity index (χ2v) is 5.44. The molecule has 110 valence electrons. The van der Waals surface area contributed by atoms with Gasteiger partial charge < -0.3 is 10.6 Å². The summed E-state index contributed by atoms with van der Waals surface area (Å²) in [5.74, 6) is 0.0168. The molecule has 1 amide bonds. The van der Waals surface area contributed by atoms with E-state index in [1.54, 1.807) is 4.68 Å². The molecule has 0 saturated heterocycles. The third-order valence-corrected chi connectivity index (χ3v) is 3.89. The van der Waals surface area contributed by atoms with E-state index in [0.717, 1.165) is 42.0 Å². The fraction of sp³-hybridized carbons (Fsp3) is 0.375. The highest BCUT2D eigenvalue weighted by molar-refractivity contribution is 6.05. The van der Waals surface area contributed by atoms with Gasteiger partial charge >= 0.3 is 0 Å². The molecule has 0 spiro atoms. The lowest BCUT2D eigenvalue weighted by Gasteiger charge is -2.29. The summed E-state index contributed by atoms with van der Waals surface area (Å²) in [7, 11) is 0. The van der Waals surface area contributed by atoms with Gasteiger partial charge in [-0.1, -0.05) is 0 Å². The molecule has 1 aromatic heterocycles. The average molecular weight is 284 g/mol. The number of nitrogen functional groups attached to an aromatic ring is 1. The minimum absolute atomic E-state index is 0.0168. The van der Waals surface area contributed by atoms with Crippen molar-refractivity contribution in [3.05, 3.63) is 41.2 Å². The van der Waals surface area contributed by atoms with E-state index in [0.29, 0.717) is 12.2 Å². The van der Waals surface area contributed by atoms with Gasteiger partial charge in [-0.25, -0.2) is 0 Å². The van der Waals surface area contributed by atoms with E-state index in [4.69, 9.17) is 5.73 Å². The Hall–Kier alpha value is -2.30. The zero-order valence-corrected chi connectivity index (χ0v) is 12.5. The molecule has 0 fully saturated rings. The SMILES string of the molecule is CCn1nc(C)cc1C(=O)N1CCCc2cc(N)ccc21. The molecule has 0 unspecified atom stereocenters. The van der Waals surface area contributed by atoms with E-state index in [9.17, 15) is 4.79 Å². The molecule has 0 radical (unpaired) electrons. The number of nitrogens with zero attached hydrogens (tertiary/aromatic N) is 3. The number of rotatable bonds is 2. The predicted octanol–water partition coefficient (Wildman–Crippen LogP) is 2.39. The maximum atomic E-state index is 12.9. The molecule has 1 aromatic carbocycles. The maximum absolute atomic E-state index is 12.9. The van der Waals surface area contributed by atoms with Crippen LogP contribution in [0.25, 0.3) is 0 Å². The number of hydrogen-bond donors (Lipinski definition) is 1. The Labute approximate surface area is 124 Å². The van der Waals surface area contributed by atoms with Crippen LogP contribution in [0.1, 0.15) is 35.1 Å². The highest BCUT2D eigenvalue weighted by Crippen LogP contribution is 2.30. The van der Waals surface area contributed by atoms with Crippen molar-refractivity contribution in [2.45, 2.75) is 33.2 Å². The van der Waals surface area contributed by atoms with Crippen molar-refractivity contribution in [3.8, 4) is 0 Å². The molecule has 0 saturated carbocycles. The van der Waals surface area contributed by atoms with Gasteiger partial charge in [-0.2, -0.15) is 5.10 Å². The van der Waals surface area contributed by atoms with Crippen molar-refractivity contribution < 1.29 is 4.79 Å². The summed E-state index contributed by atoms with van der Waals surface area (Å²) in [6.45, 7) is 5.34. The number of carbonyl (C=O) groups is 1. The first-order chi connectivity index (χ1) is 10.1. The van der Waals surface area contributed by atoms with Crippen molar-refractivity contribution >= 4 is 17.3 Å². The molecular weight excluding hydrogens is 264 g/mol. The van der Waals surface area contributed by atoms with Gasteiger partial charge in [-0.05, 0) is 56.5 Å². The first-order valence-electron chi connectivity index (χ1n) is 7.35. The van der Waals surface area contributed by atoms with Crippen LogP contribution in [0.5, 0.6) is 0 Å². The summed E-state index contributed by atoms with van der Waals surface area (Å²) in [5.41, 5.74) is 10.2. The number of hydrogen-bond acceptors (Lipinski definition) is 3. The number of amides is 1. The highest BCUT2D eigenvalue weighted by atomic mass is 16.2. The molecule has 2 aromatic rings. The second kappa shape index (κ2) is 5.24. The van der Waals surface area contributed by atoms with Crippen molar-refractivity contribution in [2.75, 3.05) is 17.2 Å². The Morgan fingerprint density at radius 3 is 2.95 bits per heavy atom. The number of benzene rings is 1. The first-order valence-corrected chi connectivity index (χ1v) is 7.35. The van der Waals surface area contributed by atoms with Crippen molar-refractivity contribution in [1.29, 1.82) is 0 Å². The number of aromatic nitrogens is 2. The molecule has 2 N–H and O–H groups in total. The van der Waals surface area contributed by atoms with Crippen LogP contribution in [-0.2, 0) is 13.0 Å². The molecule has 1 aliphatic heterocycles. The largest absolute Gasteiger partial charge is 0.399 e. The molecular formula is C16H20N4O. The molecule has 5 nitrogen and oxygen atoms in total. The molecule has 0 bridgehead atoms. The zero-order chi connectivity index (χ0) is 15.0. The predicted molar refractivity (Wildman–Crippen MR) is 83.5 cm³/mol. The Bertz CT molecular complexity index is 690. The van der Waals surface area contributed by atoms with Gasteiger partial charge in [-0.15, -0.1) is 0 Å². The van der Waals surface area contributed by atoms with E-state index in [-0.39, 0.29) is 5.91 Å². The van der Waals surface area contributed by atoms with Gasteiger partial charge in [0.15, 0.2) is 0 Å². The van der Waals surface area contributed by atoms with Crippen LogP contribution in [0.3, 0.4) is 0 Å². The second-order valence-electron chi connectivity index (χ2n) is 5.44. The Kier molecular flexibility index (Phi) is 3.41. The molecule has 0 atom stereocenters. The van der Waals surface area contributed by atoms with E-state index < -0.39 is 0 Å². The lowest BCUT2D eigenvalue weighted by Crippen LogP contribution is -2.36. The number of anilines is 2. The first kappa shape index (κ1) is 13.7. The van der Waals surface area contributed by atoms with Crippen LogP contribution >= 0.6 is 0 Å². The third kappa shape index (κ3) is 2.39. The topological polar surface area (TPSA) is 64.2 Å². The zero-order valence-electron chi connectivity index (χ0n) is 12.5. The summed E-state index contributed by atoms with van der Waals surface area (Å²) in [4.78, 5) is 14.7. The minimum Gasteiger partial charge on any atom is -0.399 e. The van der Waals surface area contributed by atoms with Crippen LogP contribution in [-0.4, -0.2) is 22.2 Å². The lowest BCUT2D eigenvalue weighted by atomic mass is 10.0. The van der Waals surface area contributed by atoms with Gasteiger partial charge in [-0.3, -0.25) is 9.48 Å². The fourth-order valence-electron chi connectivity index (χ4n) is 2.92. The monoisotopic (exact) mass is 284 g/mol. The molecule has 3 rings (SSSR count). The number of fused-ring (bicyclic) bond motifs is 1. The summed E-state index contributed by atoms with van der Waals surface area (Å²) < 4.78 is 1.77. The van der Waals surface area contributed by atoms with Crippen LogP contribution < -0.4 is 10.6 Å². The standard InChI is InChI=1S/C16H20N4O/c1-3-20-15(9-11(2)18-20)16(21)19-8-4-5-12-10-13(17)6-7-14(12)19/h6-7,9-10H,3-5,8,17H2,1-2H3. The molecule has 1 aliphatic rings. The highest BCUT2D eigenvalue weighted by Gasteiger charge is 2.26. The van der Waals surface area contributed by atoms with Crippen molar-refractivity contribution in [1.82, 2.24) is 9.78 Å². The molecule has 5 heteroatoms. The number of nitrogens with two attached hydrogens (primary N) is 1. The van der Waals surface area contributed by atoms with E-state index in [1.807, 2.05) is 43.0 Å². The minimum atomic E-state index is 0.0168. The van der Waals surface area contributed by atoms with E-state index in [2.05, 4.69) is 5.10 Å². The lowest BCUT2D eigenvalue weighted by molar-refractivity contribution is 0.0975. The van der Waals surface area contributed by atoms with Gasteiger partial charge in [0.1, 0.15) is 5.69 Å². The summed E-state index contributed by atoms with van der Waals surface area (Å²) >= 11 is 0. The molecule has 21 heavy (non-hydrogen) atoms. The van der Waals surface area contributed by atoms with Crippen molar-refractivity contribution in [3.63, 3.8) is 0 Å². The van der Waals surface area contributed by atoms with Gasteiger partial charge in [0.25, 0.3) is 5.91 Å². The van der Waals surface area contributed by atoms with E-state index in [1.165, 1.54) is 0 Å². The average Bonchev–Trinajstić information content (AvgIpc) is 2.86.